The van der Waals surface area contributed by atoms with Crippen molar-refractivity contribution >= 4 is 27.3 Å². The predicted octanol–water partition coefficient (Wildman–Crippen LogP) is 3.37. The number of likely N-dealkylation sites (tertiary alicyclic amines) is 1. The third kappa shape index (κ3) is 3.10. The molecule has 0 radical (unpaired) electrons. The van der Waals surface area contributed by atoms with Crippen molar-refractivity contribution in [3.8, 4) is 5.88 Å². The van der Waals surface area contributed by atoms with Crippen molar-refractivity contribution < 1.29 is 9.53 Å². The molecule has 5 nitrogen and oxygen atoms in total. The van der Waals surface area contributed by atoms with Crippen LogP contribution in [0.25, 0.3) is 10.1 Å². The Bertz CT molecular complexity index is 809. The van der Waals surface area contributed by atoms with Crippen LogP contribution in [-0.2, 0) is 0 Å². The Morgan fingerprint density at radius 1 is 1.21 bits per heavy atom. The molecule has 1 aliphatic heterocycles. The summed E-state index contributed by atoms with van der Waals surface area (Å²) in [7, 11) is 0. The first-order valence-electron chi connectivity index (χ1n) is 8.00. The second-order valence-electron chi connectivity index (χ2n) is 5.81. The summed E-state index contributed by atoms with van der Waals surface area (Å²) in [4.78, 5) is 23.4. The summed E-state index contributed by atoms with van der Waals surface area (Å²) in [5, 5.41) is 1.13. The Hall–Kier alpha value is -2.47. The van der Waals surface area contributed by atoms with Gasteiger partial charge in [0, 0.05) is 42.9 Å². The van der Waals surface area contributed by atoms with Gasteiger partial charge in [0.05, 0.1) is 4.88 Å². The van der Waals surface area contributed by atoms with Gasteiger partial charge in [0.25, 0.3) is 5.91 Å². The predicted molar refractivity (Wildman–Crippen MR) is 93.4 cm³/mol. The van der Waals surface area contributed by atoms with Crippen molar-refractivity contribution in [1.29, 1.82) is 0 Å². The molecule has 1 aliphatic rings. The molecule has 2 aromatic heterocycles. The summed E-state index contributed by atoms with van der Waals surface area (Å²) >= 11 is 1.56. The zero-order chi connectivity index (χ0) is 16.4. The van der Waals surface area contributed by atoms with Gasteiger partial charge in [0.2, 0.25) is 5.88 Å². The Labute approximate surface area is 143 Å². The molecule has 0 bridgehead atoms. The van der Waals surface area contributed by atoms with Crippen molar-refractivity contribution in [2.75, 3.05) is 13.1 Å². The lowest BCUT2D eigenvalue weighted by molar-refractivity contribution is 0.0592. The second kappa shape index (κ2) is 6.57. The molecule has 0 unspecified atom stereocenters. The molecular formula is C18H17N3O2S. The summed E-state index contributed by atoms with van der Waals surface area (Å²) in [5.41, 5.74) is 0. The van der Waals surface area contributed by atoms with E-state index in [1.54, 1.807) is 23.6 Å². The van der Waals surface area contributed by atoms with Gasteiger partial charge in [-0.05, 0) is 17.5 Å². The first-order chi connectivity index (χ1) is 11.8. The standard InChI is InChI=1S/C18H17N3O2S/c22-18(16-11-13-3-1-2-4-15(13)24-16)21-9-6-14(7-10-21)23-17-5-8-19-12-20-17/h1-5,8,11-12,14H,6-7,9-10H2. The molecule has 1 saturated heterocycles. The van der Waals surface area contributed by atoms with E-state index in [1.165, 1.54) is 6.33 Å². The number of amides is 1. The number of carbonyl (C=O) groups is 1. The van der Waals surface area contributed by atoms with Crippen LogP contribution in [0.4, 0.5) is 0 Å². The highest BCUT2D eigenvalue weighted by atomic mass is 32.1. The Morgan fingerprint density at radius 2 is 2.04 bits per heavy atom. The molecule has 1 fully saturated rings. The number of benzene rings is 1. The fourth-order valence-electron chi connectivity index (χ4n) is 2.94. The van der Waals surface area contributed by atoms with E-state index < -0.39 is 0 Å². The molecule has 0 N–H and O–H groups in total. The first-order valence-corrected chi connectivity index (χ1v) is 8.82. The maximum Gasteiger partial charge on any atom is 0.263 e. The van der Waals surface area contributed by atoms with Crippen LogP contribution in [0.2, 0.25) is 0 Å². The van der Waals surface area contributed by atoms with Gasteiger partial charge in [-0.25, -0.2) is 9.97 Å². The van der Waals surface area contributed by atoms with Crippen LogP contribution in [0.5, 0.6) is 5.88 Å². The van der Waals surface area contributed by atoms with E-state index >= 15 is 0 Å². The topological polar surface area (TPSA) is 55.3 Å². The number of thiophene rings is 1. The molecule has 3 aromatic rings. The SMILES string of the molecule is O=C(c1cc2ccccc2s1)N1CCC(Oc2ccncn2)CC1. The molecule has 0 spiro atoms. The number of piperidine rings is 1. The molecule has 6 heteroatoms. The largest absolute Gasteiger partial charge is 0.474 e. The van der Waals surface area contributed by atoms with E-state index in [0.29, 0.717) is 19.0 Å². The van der Waals surface area contributed by atoms with Gasteiger partial charge in [0.1, 0.15) is 12.4 Å². The second-order valence-corrected chi connectivity index (χ2v) is 6.89. The van der Waals surface area contributed by atoms with Crippen LogP contribution < -0.4 is 4.74 Å². The third-order valence-electron chi connectivity index (χ3n) is 4.21. The van der Waals surface area contributed by atoms with Gasteiger partial charge < -0.3 is 9.64 Å². The molecule has 1 amide bonds. The molecule has 0 saturated carbocycles. The lowest BCUT2D eigenvalue weighted by atomic mass is 10.1. The molecule has 1 aromatic carbocycles. The number of hydrogen-bond acceptors (Lipinski definition) is 5. The lowest BCUT2D eigenvalue weighted by Gasteiger charge is -2.31. The van der Waals surface area contributed by atoms with Crippen LogP contribution >= 0.6 is 11.3 Å². The lowest BCUT2D eigenvalue weighted by Crippen LogP contribution is -2.41. The van der Waals surface area contributed by atoms with E-state index in [0.717, 1.165) is 27.8 Å². The van der Waals surface area contributed by atoms with Crippen molar-refractivity contribution in [3.05, 3.63) is 53.8 Å². The number of fused-ring (bicyclic) bond motifs is 1. The van der Waals surface area contributed by atoms with E-state index in [2.05, 4.69) is 16.0 Å². The van der Waals surface area contributed by atoms with Gasteiger partial charge in [-0.2, -0.15) is 0 Å². The summed E-state index contributed by atoms with van der Waals surface area (Å²) in [6, 6.07) is 11.9. The molecular weight excluding hydrogens is 322 g/mol. The summed E-state index contributed by atoms with van der Waals surface area (Å²) < 4.78 is 7.01. The summed E-state index contributed by atoms with van der Waals surface area (Å²) in [6.07, 6.45) is 4.89. The van der Waals surface area contributed by atoms with Gasteiger partial charge >= 0.3 is 0 Å². The zero-order valence-corrected chi connectivity index (χ0v) is 13.9. The Morgan fingerprint density at radius 3 is 2.79 bits per heavy atom. The van der Waals surface area contributed by atoms with E-state index in [1.807, 2.05) is 29.2 Å². The number of nitrogens with zero attached hydrogens (tertiary/aromatic N) is 3. The highest BCUT2D eigenvalue weighted by Crippen LogP contribution is 2.27. The Kier molecular flexibility index (Phi) is 4.13. The average molecular weight is 339 g/mol. The molecule has 4 rings (SSSR count). The molecule has 122 valence electrons. The zero-order valence-electron chi connectivity index (χ0n) is 13.1. The highest BCUT2D eigenvalue weighted by Gasteiger charge is 2.25. The maximum atomic E-state index is 12.7. The number of rotatable bonds is 3. The quantitative estimate of drug-likeness (QED) is 0.734. The molecule has 0 atom stereocenters. The van der Waals surface area contributed by atoms with Crippen LogP contribution in [0.1, 0.15) is 22.5 Å². The first kappa shape index (κ1) is 15.1. The van der Waals surface area contributed by atoms with Crippen LogP contribution in [0.3, 0.4) is 0 Å². The van der Waals surface area contributed by atoms with Crippen LogP contribution in [0, 0.1) is 0 Å². The van der Waals surface area contributed by atoms with Crippen molar-refractivity contribution in [1.82, 2.24) is 14.9 Å². The maximum absolute atomic E-state index is 12.7. The van der Waals surface area contributed by atoms with Gasteiger partial charge in [0.15, 0.2) is 0 Å². The van der Waals surface area contributed by atoms with Gasteiger partial charge in [-0.3, -0.25) is 4.79 Å². The minimum Gasteiger partial charge on any atom is -0.474 e. The van der Waals surface area contributed by atoms with Crippen LogP contribution in [-0.4, -0.2) is 40.0 Å². The summed E-state index contributed by atoms with van der Waals surface area (Å²) in [6.45, 7) is 1.42. The van der Waals surface area contributed by atoms with E-state index in [9.17, 15) is 4.79 Å². The molecule has 3 heterocycles. The number of carbonyl (C=O) groups excluding carboxylic acids is 1. The Balaban J connectivity index is 1.39. The summed E-state index contributed by atoms with van der Waals surface area (Å²) in [5.74, 6) is 0.718. The fourth-order valence-corrected chi connectivity index (χ4v) is 3.97. The monoisotopic (exact) mass is 339 g/mol. The average Bonchev–Trinajstić information content (AvgIpc) is 3.07. The third-order valence-corrected chi connectivity index (χ3v) is 5.31. The minimum absolute atomic E-state index is 0.103. The fraction of sp³-hybridized carbons (Fsp3) is 0.278. The number of aromatic nitrogens is 2. The van der Waals surface area contributed by atoms with Crippen molar-refractivity contribution in [3.63, 3.8) is 0 Å². The minimum atomic E-state index is 0.103. The van der Waals surface area contributed by atoms with E-state index in [-0.39, 0.29) is 12.0 Å². The normalized spacial score (nSPS) is 15.6. The van der Waals surface area contributed by atoms with Crippen LogP contribution in [0.15, 0.2) is 48.9 Å². The molecule has 24 heavy (non-hydrogen) atoms. The van der Waals surface area contributed by atoms with Gasteiger partial charge in [-0.15, -0.1) is 11.3 Å². The van der Waals surface area contributed by atoms with Crippen molar-refractivity contribution in [2.45, 2.75) is 18.9 Å². The molecule has 0 aliphatic carbocycles. The smallest absolute Gasteiger partial charge is 0.263 e. The highest BCUT2D eigenvalue weighted by molar-refractivity contribution is 7.20. The van der Waals surface area contributed by atoms with Crippen molar-refractivity contribution in [2.24, 2.45) is 0 Å². The van der Waals surface area contributed by atoms with E-state index in [4.69, 9.17) is 4.74 Å². The number of hydrogen-bond donors (Lipinski definition) is 0. The van der Waals surface area contributed by atoms with Gasteiger partial charge in [-0.1, -0.05) is 18.2 Å². The number of ether oxygens (including phenoxy) is 1.